The summed E-state index contributed by atoms with van der Waals surface area (Å²) in [5.41, 5.74) is 9.53. The third kappa shape index (κ3) is 4.14. The Morgan fingerprint density at radius 2 is 1.62 bits per heavy atom. The van der Waals surface area contributed by atoms with Gasteiger partial charge in [0.2, 0.25) is 11.8 Å². The number of nitrogens with one attached hydrogen (secondary N) is 2. The van der Waals surface area contributed by atoms with E-state index in [2.05, 4.69) is 27.7 Å². The Labute approximate surface area is 197 Å². The van der Waals surface area contributed by atoms with E-state index < -0.39 is 23.8 Å². The molecule has 9 nitrogen and oxygen atoms in total. The molecule has 2 saturated heterocycles. The summed E-state index contributed by atoms with van der Waals surface area (Å²) in [5.74, 6) is -1.99. The summed E-state index contributed by atoms with van der Waals surface area (Å²) in [6, 6.07) is 12.7. The number of amides is 4. The van der Waals surface area contributed by atoms with Gasteiger partial charge < -0.3 is 16.0 Å². The Bertz CT molecular complexity index is 1150. The fourth-order valence-corrected chi connectivity index (χ4v) is 4.78. The molecular formula is C25H27N5O4. The van der Waals surface area contributed by atoms with E-state index in [1.54, 1.807) is 18.2 Å². The highest BCUT2D eigenvalue weighted by Crippen LogP contribution is 2.29. The van der Waals surface area contributed by atoms with Crippen molar-refractivity contribution in [2.75, 3.05) is 23.3 Å². The summed E-state index contributed by atoms with van der Waals surface area (Å²) in [6.45, 7) is 2.41. The number of nitrogens with two attached hydrogens (primary N) is 1. The van der Waals surface area contributed by atoms with Crippen molar-refractivity contribution in [1.82, 2.24) is 10.2 Å². The normalized spacial score (nSPS) is 21.0. The number of imide groups is 2. The first-order valence-electron chi connectivity index (χ1n) is 11.6. The van der Waals surface area contributed by atoms with E-state index in [1.807, 2.05) is 12.1 Å². The van der Waals surface area contributed by atoms with Gasteiger partial charge >= 0.3 is 0 Å². The van der Waals surface area contributed by atoms with E-state index in [0.717, 1.165) is 42.1 Å². The summed E-state index contributed by atoms with van der Waals surface area (Å²) in [5, 5.41) is 5.56. The number of hydrogen-bond donors (Lipinski definition) is 3. The number of nitrogens with zero attached hydrogens (tertiary/aromatic N) is 2. The van der Waals surface area contributed by atoms with Crippen molar-refractivity contribution in [3.05, 3.63) is 59.2 Å². The smallest absolute Gasteiger partial charge is 0.262 e. The van der Waals surface area contributed by atoms with Gasteiger partial charge in [0.1, 0.15) is 6.04 Å². The van der Waals surface area contributed by atoms with Crippen molar-refractivity contribution >= 4 is 35.0 Å². The highest BCUT2D eigenvalue weighted by molar-refractivity contribution is 6.23. The highest BCUT2D eigenvalue weighted by Gasteiger charge is 2.44. The molecule has 0 aromatic heterocycles. The zero-order valence-corrected chi connectivity index (χ0v) is 18.8. The number of rotatable bonds is 5. The van der Waals surface area contributed by atoms with Crippen LogP contribution in [0.2, 0.25) is 0 Å². The minimum Gasteiger partial charge on any atom is -0.381 e. The molecule has 5 rings (SSSR count). The molecule has 4 N–H and O–H groups in total. The van der Waals surface area contributed by atoms with Crippen molar-refractivity contribution in [2.24, 2.45) is 5.73 Å². The van der Waals surface area contributed by atoms with Gasteiger partial charge in [0.25, 0.3) is 11.8 Å². The molecule has 0 saturated carbocycles. The zero-order valence-electron chi connectivity index (χ0n) is 18.8. The third-order valence-electron chi connectivity index (χ3n) is 6.77. The quantitative estimate of drug-likeness (QED) is 0.578. The van der Waals surface area contributed by atoms with E-state index in [9.17, 15) is 19.2 Å². The Kier molecular flexibility index (Phi) is 5.79. The molecule has 9 heteroatoms. The van der Waals surface area contributed by atoms with Crippen LogP contribution in [0.25, 0.3) is 0 Å². The predicted octanol–water partition coefficient (Wildman–Crippen LogP) is 1.63. The number of carbonyl (C=O) groups is 4. The number of benzene rings is 2. The number of fused-ring (bicyclic) bond motifs is 1. The summed E-state index contributed by atoms with van der Waals surface area (Å²) in [6.07, 6.45) is 2.24. The predicted molar refractivity (Wildman–Crippen MR) is 126 cm³/mol. The van der Waals surface area contributed by atoms with Crippen LogP contribution in [0.3, 0.4) is 0 Å². The van der Waals surface area contributed by atoms with Gasteiger partial charge in [-0.3, -0.25) is 29.4 Å². The minimum atomic E-state index is -0.958. The van der Waals surface area contributed by atoms with Crippen LogP contribution in [0.4, 0.5) is 11.4 Å². The molecular weight excluding hydrogens is 434 g/mol. The van der Waals surface area contributed by atoms with Gasteiger partial charge in [-0.1, -0.05) is 6.07 Å². The Hall–Kier alpha value is -3.72. The number of carbonyl (C=O) groups excluding carboxylic acids is 4. The van der Waals surface area contributed by atoms with Crippen LogP contribution in [0, 0.1) is 0 Å². The van der Waals surface area contributed by atoms with Gasteiger partial charge in [-0.15, -0.1) is 0 Å². The molecule has 2 aromatic carbocycles. The van der Waals surface area contributed by atoms with E-state index in [1.165, 1.54) is 5.69 Å². The van der Waals surface area contributed by atoms with Crippen LogP contribution in [-0.4, -0.2) is 53.7 Å². The van der Waals surface area contributed by atoms with Crippen molar-refractivity contribution < 1.29 is 19.2 Å². The molecule has 4 amide bonds. The Morgan fingerprint density at radius 3 is 2.32 bits per heavy atom. The number of piperidine rings is 2. The third-order valence-corrected chi connectivity index (χ3v) is 6.77. The first kappa shape index (κ1) is 22.1. The van der Waals surface area contributed by atoms with Crippen LogP contribution in [-0.2, 0) is 16.1 Å². The van der Waals surface area contributed by atoms with Crippen LogP contribution < -0.4 is 21.3 Å². The Morgan fingerprint density at radius 1 is 0.912 bits per heavy atom. The number of anilines is 2. The van der Waals surface area contributed by atoms with Crippen molar-refractivity contribution in [1.29, 1.82) is 0 Å². The van der Waals surface area contributed by atoms with Gasteiger partial charge in [0, 0.05) is 43.5 Å². The summed E-state index contributed by atoms with van der Waals surface area (Å²) >= 11 is 0. The average Bonchev–Trinajstić information content (AvgIpc) is 3.08. The molecule has 1 unspecified atom stereocenters. The standard InChI is InChI=1S/C25H27N5O4/c26-16-9-11-29(12-10-16)18-4-2-17(3-5-18)27-14-15-1-6-19-20(13-15)25(34)30(24(19)33)21-7-8-22(31)28-23(21)32/h1-6,13,16,21,27H,7-12,14,26H2,(H,28,31,32). The fourth-order valence-electron chi connectivity index (χ4n) is 4.78. The van der Waals surface area contributed by atoms with E-state index >= 15 is 0 Å². The average molecular weight is 462 g/mol. The molecule has 2 fully saturated rings. The first-order chi connectivity index (χ1) is 16.4. The van der Waals surface area contributed by atoms with Crippen LogP contribution in [0.5, 0.6) is 0 Å². The minimum absolute atomic E-state index is 0.100. The van der Waals surface area contributed by atoms with E-state index in [-0.39, 0.29) is 29.9 Å². The molecule has 0 spiro atoms. The molecule has 3 aliphatic rings. The molecule has 176 valence electrons. The van der Waals surface area contributed by atoms with Gasteiger partial charge in [-0.2, -0.15) is 0 Å². The first-order valence-corrected chi connectivity index (χ1v) is 11.6. The summed E-state index contributed by atoms with van der Waals surface area (Å²) in [4.78, 5) is 52.7. The second-order valence-electron chi connectivity index (χ2n) is 9.05. The molecule has 1 atom stereocenters. The molecule has 34 heavy (non-hydrogen) atoms. The van der Waals surface area contributed by atoms with Crippen LogP contribution in [0.15, 0.2) is 42.5 Å². The number of hydrogen-bond acceptors (Lipinski definition) is 7. The van der Waals surface area contributed by atoms with E-state index in [4.69, 9.17) is 5.73 Å². The molecule has 0 aliphatic carbocycles. The largest absolute Gasteiger partial charge is 0.381 e. The van der Waals surface area contributed by atoms with Crippen molar-refractivity contribution in [3.8, 4) is 0 Å². The maximum Gasteiger partial charge on any atom is 0.262 e. The van der Waals surface area contributed by atoms with Gasteiger partial charge in [0.15, 0.2) is 0 Å². The zero-order chi connectivity index (χ0) is 23.8. The summed E-state index contributed by atoms with van der Waals surface area (Å²) < 4.78 is 0. The lowest BCUT2D eigenvalue weighted by atomic mass is 10.0. The van der Waals surface area contributed by atoms with Gasteiger partial charge in [-0.25, -0.2) is 0 Å². The molecule has 2 aromatic rings. The lowest BCUT2D eigenvalue weighted by molar-refractivity contribution is -0.136. The topological polar surface area (TPSA) is 125 Å². The maximum atomic E-state index is 13.0. The SMILES string of the molecule is NC1CCN(c2ccc(NCc3ccc4c(c3)C(=O)N(C3CCC(=O)NC3=O)C4=O)cc2)CC1. The molecule has 0 bridgehead atoms. The Balaban J connectivity index is 1.24. The van der Waals surface area contributed by atoms with Crippen LogP contribution >= 0.6 is 0 Å². The van der Waals surface area contributed by atoms with Crippen LogP contribution in [0.1, 0.15) is 52.0 Å². The van der Waals surface area contributed by atoms with Crippen molar-refractivity contribution in [2.45, 2.75) is 44.3 Å². The second kappa shape index (κ2) is 8.90. The lowest BCUT2D eigenvalue weighted by Gasteiger charge is -2.32. The van der Waals surface area contributed by atoms with Gasteiger partial charge in [-0.05, 0) is 61.2 Å². The van der Waals surface area contributed by atoms with Gasteiger partial charge in [0.05, 0.1) is 11.1 Å². The second-order valence-corrected chi connectivity index (χ2v) is 9.05. The highest BCUT2D eigenvalue weighted by atomic mass is 16.2. The molecule has 0 radical (unpaired) electrons. The molecule has 3 aliphatic heterocycles. The fraction of sp³-hybridized carbons (Fsp3) is 0.360. The maximum absolute atomic E-state index is 13.0. The van der Waals surface area contributed by atoms with Crippen molar-refractivity contribution in [3.63, 3.8) is 0 Å². The van der Waals surface area contributed by atoms with E-state index in [0.29, 0.717) is 12.6 Å². The monoisotopic (exact) mass is 461 g/mol. The summed E-state index contributed by atoms with van der Waals surface area (Å²) in [7, 11) is 0. The molecule has 3 heterocycles. The lowest BCUT2D eigenvalue weighted by Crippen LogP contribution is -2.54.